The third-order valence-corrected chi connectivity index (χ3v) is 7.14. The van der Waals surface area contributed by atoms with E-state index in [0.29, 0.717) is 12.4 Å². The van der Waals surface area contributed by atoms with Crippen LogP contribution in [-0.2, 0) is 15.9 Å². The maximum absolute atomic E-state index is 12.2. The Morgan fingerprint density at radius 1 is 0.655 bits per heavy atom. The fourth-order valence-electron chi connectivity index (χ4n) is 3.68. The zero-order valence-electron chi connectivity index (χ0n) is 19.8. The molecule has 0 aliphatic rings. The summed E-state index contributed by atoms with van der Waals surface area (Å²) in [4.78, 5) is 0. The Morgan fingerprint density at radius 3 is 1.52 bits per heavy atom. The fourth-order valence-corrected chi connectivity index (χ4v) is 4.99. The molecule has 0 saturated carbocycles. The van der Waals surface area contributed by atoms with Crippen LogP contribution in [0, 0.1) is 0 Å². The molecule has 0 bridgehead atoms. The van der Waals surface area contributed by atoms with Gasteiger partial charge in [0.1, 0.15) is 17.6 Å². The van der Waals surface area contributed by atoms with Crippen LogP contribution in [-0.4, -0.2) is 40.5 Å². The third-order valence-electron chi connectivity index (χ3n) is 5.65. The van der Waals surface area contributed by atoms with Crippen molar-refractivity contribution in [3.63, 3.8) is 0 Å². The lowest BCUT2D eigenvalue weighted by atomic mass is 10.1. The van der Waals surface area contributed by atoms with E-state index in [1.165, 1.54) is 103 Å². The highest BCUT2D eigenvalue weighted by Crippen LogP contribution is 2.12. The van der Waals surface area contributed by atoms with Gasteiger partial charge in [0.05, 0.1) is 6.61 Å². The van der Waals surface area contributed by atoms with E-state index < -0.39 is 11.2 Å². The molecule has 0 amide bonds. The van der Waals surface area contributed by atoms with Crippen molar-refractivity contribution in [3.8, 4) is 0 Å². The Labute approximate surface area is 186 Å². The van der Waals surface area contributed by atoms with E-state index in [9.17, 15) is 9.66 Å². The number of unbranched alkanes of at least 4 members (excludes halogenated alkanes) is 16. The zero-order valence-corrected chi connectivity index (χ0v) is 20.6. The molecule has 3 nitrogen and oxygen atoms in total. The van der Waals surface area contributed by atoms with Gasteiger partial charge in [-0.2, -0.15) is 0 Å². The van der Waals surface area contributed by atoms with Gasteiger partial charge in [0.25, 0.3) is 0 Å². The molecule has 0 fully saturated rings. The molecule has 2 atom stereocenters. The van der Waals surface area contributed by atoms with Crippen LogP contribution in [0.5, 0.6) is 0 Å². The van der Waals surface area contributed by atoms with E-state index >= 15 is 0 Å². The summed E-state index contributed by atoms with van der Waals surface area (Å²) in [6.07, 6.45) is 23.0. The van der Waals surface area contributed by atoms with Crippen molar-refractivity contribution in [3.05, 3.63) is 0 Å². The first-order valence-corrected chi connectivity index (χ1v) is 14.3. The van der Waals surface area contributed by atoms with Gasteiger partial charge in [-0.25, -0.2) is 0 Å². The molecule has 0 aliphatic heterocycles. The minimum absolute atomic E-state index is 0.0131. The summed E-state index contributed by atoms with van der Waals surface area (Å²) in [5.41, 5.74) is 0. The standard InChI is InChI=1S/C25H52O3S/c1-3-5-7-9-11-13-14-16-18-20-22-29(27)24-25(23-26)28-21-19-17-15-12-10-8-6-4-2/h25-26H,3-24H2,1-2H3. The second-order valence-corrected chi connectivity index (χ2v) is 10.3. The zero-order chi connectivity index (χ0) is 21.4. The lowest BCUT2D eigenvalue weighted by Crippen LogP contribution is -2.29. The fraction of sp³-hybridized carbons (Fsp3) is 1.00. The predicted molar refractivity (Wildman–Crippen MR) is 129 cm³/mol. The van der Waals surface area contributed by atoms with E-state index in [4.69, 9.17) is 4.74 Å². The lowest BCUT2D eigenvalue weighted by Gasteiger charge is -2.18. The quantitative estimate of drug-likeness (QED) is 0.130. The van der Waals surface area contributed by atoms with Crippen LogP contribution in [0.3, 0.4) is 0 Å². The Bertz CT molecular complexity index is 302. The monoisotopic (exact) mass is 432 g/mol. The average Bonchev–Trinajstić information content (AvgIpc) is 2.73. The molecule has 0 aliphatic carbocycles. The van der Waals surface area contributed by atoms with E-state index in [0.717, 1.165) is 18.6 Å². The normalized spacial score (nSPS) is 13.7. The Morgan fingerprint density at radius 2 is 1.07 bits per heavy atom. The third kappa shape index (κ3) is 22.7. The summed E-state index contributed by atoms with van der Waals surface area (Å²) in [5.74, 6) is 1.25. The average molecular weight is 433 g/mol. The summed E-state index contributed by atoms with van der Waals surface area (Å²) in [7, 11) is 0. The van der Waals surface area contributed by atoms with Crippen LogP contribution in [0.15, 0.2) is 0 Å². The molecule has 1 N–H and O–H groups in total. The summed E-state index contributed by atoms with van der Waals surface area (Å²) >= 11 is -0.861. The van der Waals surface area contributed by atoms with Crippen molar-refractivity contribution in [2.24, 2.45) is 0 Å². The number of hydrogen-bond acceptors (Lipinski definition) is 3. The van der Waals surface area contributed by atoms with E-state index in [1.54, 1.807) is 0 Å². The molecular formula is C25H52O3S. The highest BCUT2D eigenvalue weighted by atomic mass is 32.2. The van der Waals surface area contributed by atoms with Gasteiger partial charge in [-0.05, 0) is 19.3 Å². The van der Waals surface area contributed by atoms with Crippen LogP contribution in [0.2, 0.25) is 0 Å². The van der Waals surface area contributed by atoms with Crippen LogP contribution in [0.4, 0.5) is 0 Å². The maximum atomic E-state index is 12.2. The number of rotatable bonds is 24. The number of hydrogen-bond donors (Lipinski definition) is 1. The minimum atomic E-state index is -0.861. The predicted octanol–water partition coefficient (Wildman–Crippen LogP) is 7.17. The first-order chi connectivity index (χ1) is 14.2. The molecule has 0 aromatic carbocycles. The molecule has 0 heterocycles. The Balaban J connectivity index is 3.45. The molecule has 0 rings (SSSR count). The summed E-state index contributed by atoms with van der Waals surface area (Å²) < 4.78 is 18.0. The molecule has 29 heavy (non-hydrogen) atoms. The Kier molecular flexibility index (Phi) is 24.7. The van der Waals surface area contributed by atoms with Gasteiger partial charge in [0.15, 0.2) is 0 Å². The highest BCUT2D eigenvalue weighted by molar-refractivity contribution is 7.91. The summed E-state index contributed by atoms with van der Waals surface area (Å²) in [6, 6.07) is 0. The van der Waals surface area contributed by atoms with Crippen LogP contribution < -0.4 is 0 Å². The van der Waals surface area contributed by atoms with Crippen molar-refractivity contribution >= 4 is 11.2 Å². The first-order valence-electron chi connectivity index (χ1n) is 12.8. The van der Waals surface area contributed by atoms with Crippen molar-refractivity contribution in [1.82, 2.24) is 0 Å². The molecule has 0 saturated heterocycles. The van der Waals surface area contributed by atoms with Gasteiger partial charge in [-0.15, -0.1) is 0 Å². The van der Waals surface area contributed by atoms with E-state index in [-0.39, 0.29) is 12.7 Å². The van der Waals surface area contributed by atoms with Crippen molar-refractivity contribution < 1.29 is 14.4 Å². The van der Waals surface area contributed by atoms with Gasteiger partial charge in [-0.3, -0.25) is 0 Å². The minimum Gasteiger partial charge on any atom is -0.616 e. The van der Waals surface area contributed by atoms with E-state index in [2.05, 4.69) is 13.8 Å². The number of ether oxygens (including phenoxy) is 1. The van der Waals surface area contributed by atoms with Crippen LogP contribution in [0.1, 0.15) is 129 Å². The lowest BCUT2D eigenvalue weighted by molar-refractivity contribution is 0.0250. The largest absolute Gasteiger partial charge is 0.616 e. The molecule has 2 unspecified atom stereocenters. The van der Waals surface area contributed by atoms with E-state index in [1.807, 2.05) is 0 Å². The summed E-state index contributed by atoms with van der Waals surface area (Å²) in [6.45, 7) is 5.19. The molecule has 0 aromatic rings. The molecular weight excluding hydrogens is 380 g/mol. The topological polar surface area (TPSA) is 52.5 Å². The maximum Gasteiger partial charge on any atom is 0.133 e. The van der Waals surface area contributed by atoms with Crippen molar-refractivity contribution in [2.75, 3.05) is 24.7 Å². The number of aliphatic hydroxyl groups excluding tert-OH is 1. The highest BCUT2D eigenvalue weighted by Gasteiger charge is 2.16. The molecule has 0 radical (unpaired) electrons. The number of aliphatic hydroxyl groups is 1. The molecule has 0 spiro atoms. The second-order valence-electron chi connectivity index (χ2n) is 8.64. The summed E-state index contributed by atoms with van der Waals surface area (Å²) in [5, 5.41) is 9.48. The van der Waals surface area contributed by atoms with Crippen molar-refractivity contribution in [1.29, 1.82) is 0 Å². The van der Waals surface area contributed by atoms with Gasteiger partial charge >= 0.3 is 0 Å². The van der Waals surface area contributed by atoms with Gasteiger partial charge < -0.3 is 14.4 Å². The van der Waals surface area contributed by atoms with Gasteiger partial charge in [0.2, 0.25) is 0 Å². The van der Waals surface area contributed by atoms with Gasteiger partial charge in [-0.1, -0.05) is 121 Å². The first kappa shape index (κ1) is 29.2. The van der Waals surface area contributed by atoms with Crippen LogP contribution in [0.25, 0.3) is 0 Å². The SMILES string of the molecule is CCCCCCCCCCCC[S+]([O-])CC(CO)OCCCCCCCCCC. The van der Waals surface area contributed by atoms with Crippen LogP contribution >= 0.6 is 0 Å². The second kappa shape index (κ2) is 24.5. The van der Waals surface area contributed by atoms with Gasteiger partial charge in [0, 0.05) is 6.61 Å². The van der Waals surface area contributed by atoms with Crippen molar-refractivity contribution in [2.45, 2.75) is 136 Å². The molecule has 176 valence electrons. The molecule has 0 aromatic heterocycles. The Hall–Kier alpha value is 0.230. The smallest absolute Gasteiger partial charge is 0.133 e. The molecule has 4 heteroatoms.